The Morgan fingerprint density at radius 3 is 2.50 bits per heavy atom. The molecule has 2 amide bonds. The minimum atomic E-state index is -1.06. The van der Waals surface area contributed by atoms with Crippen LogP contribution in [0.5, 0.6) is 0 Å². The van der Waals surface area contributed by atoms with Gasteiger partial charge in [-0.15, -0.1) is 0 Å². The van der Waals surface area contributed by atoms with Crippen LogP contribution in [0, 0.1) is 11.3 Å². The number of benzene rings is 3. The molecule has 0 saturated carbocycles. The molecule has 1 aromatic heterocycles. The zero-order chi connectivity index (χ0) is 25.5. The highest BCUT2D eigenvalue weighted by Crippen LogP contribution is 2.20. The number of H-pyrrole nitrogens is 1. The standard InChI is InChI=1S/C27H21ClN4O4/c28-20-11-9-17(10-12-20)26(34)32-24(13-19-15-30-23-8-4-2-6-21(19)23)27(35)36-16-25(33)31-22-7-3-1-5-18(22)14-29/h1-12,15,24,30H,13,16H2,(H,31,33)(H,32,34). The second-order valence-electron chi connectivity index (χ2n) is 7.91. The highest BCUT2D eigenvalue weighted by atomic mass is 35.5. The Morgan fingerprint density at radius 1 is 1.00 bits per heavy atom. The first-order valence-electron chi connectivity index (χ1n) is 11.0. The van der Waals surface area contributed by atoms with E-state index in [-0.39, 0.29) is 12.0 Å². The smallest absolute Gasteiger partial charge is 0.329 e. The van der Waals surface area contributed by atoms with Crippen LogP contribution in [0.25, 0.3) is 10.9 Å². The highest BCUT2D eigenvalue weighted by molar-refractivity contribution is 6.30. The summed E-state index contributed by atoms with van der Waals surface area (Å²) < 4.78 is 5.25. The minimum Gasteiger partial charge on any atom is -0.454 e. The van der Waals surface area contributed by atoms with Gasteiger partial charge in [0.15, 0.2) is 6.61 Å². The minimum absolute atomic E-state index is 0.140. The quantitative estimate of drug-likeness (QED) is 0.312. The van der Waals surface area contributed by atoms with Crippen molar-refractivity contribution >= 4 is 46.0 Å². The number of carbonyl (C=O) groups excluding carboxylic acids is 3. The van der Waals surface area contributed by atoms with Gasteiger partial charge in [-0.05, 0) is 48.0 Å². The number of anilines is 1. The van der Waals surface area contributed by atoms with Crippen molar-refractivity contribution < 1.29 is 19.1 Å². The number of fused-ring (bicyclic) bond motifs is 1. The molecule has 180 valence electrons. The molecule has 1 unspecified atom stereocenters. The summed E-state index contributed by atoms with van der Waals surface area (Å²) in [5.74, 6) is -1.87. The third kappa shape index (κ3) is 5.90. The van der Waals surface area contributed by atoms with E-state index in [4.69, 9.17) is 16.3 Å². The van der Waals surface area contributed by atoms with Gasteiger partial charge in [0, 0.05) is 34.1 Å². The third-order valence-electron chi connectivity index (χ3n) is 5.46. The summed E-state index contributed by atoms with van der Waals surface area (Å²) in [6, 6.07) is 21.2. The molecule has 4 aromatic rings. The molecule has 0 aliphatic rings. The predicted molar refractivity (Wildman–Crippen MR) is 135 cm³/mol. The maximum atomic E-state index is 13.0. The monoisotopic (exact) mass is 500 g/mol. The molecule has 1 heterocycles. The van der Waals surface area contributed by atoms with E-state index in [1.807, 2.05) is 30.3 Å². The number of nitriles is 1. The van der Waals surface area contributed by atoms with Gasteiger partial charge in [-0.1, -0.05) is 41.9 Å². The van der Waals surface area contributed by atoms with Crippen molar-refractivity contribution in [1.82, 2.24) is 10.3 Å². The van der Waals surface area contributed by atoms with Crippen molar-refractivity contribution in [3.8, 4) is 6.07 Å². The number of nitrogens with one attached hydrogen (secondary N) is 3. The second-order valence-corrected chi connectivity index (χ2v) is 8.35. The van der Waals surface area contributed by atoms with Crippen LogP contribution < -0.4 is 10.6 Å². The number of aromatic nitrogens is 1. The van der Waals surface area contributed by atoms with E-state index >= 15 is 0 Å². The molecule has 4 rings (SSSR count). The van der Waals surface area contributed by atoms with Crippen molar-refractivity contribution in [2.24, 2.45) is 0 Å². The zero-order valence-electron chi connectivity index (χ0n) is 19.0. The molecule has 0 fully saturated rings. The number of hydrogen-bond donors (Lipinski definition) is 3. The van der Waals surface area contributed by atoms with E-state index in [1.54, 1.807) is 54.7 Å². The number of ether oxygens (including phenoxy) is 1. The molecule has 0 aliphatic carbocycles. The number of amides is 2. The lowest BCUT2D eigenvalue weighted by molar-refractivity contribution is -0.149. The molecule has 0 saturated heterocycles. The van der Waals surface area contributed by atoms with Gasteiger partial charge < -0.3 is 20.4 Å². The molecule has 9 heteroatoms. The number of nitrogens with zero attached hydrogens (tertiary/aromatic N) is 1. The van der Waals surface area contributed by atoms with E-state index < -0.39 is 30.4 Å². The van der Waals surface area contributed by atoms with Crippen LogP contribution in [0.15, 0.2) is 79.0 Å². The molecule has 1 atom stereocenters. The van der Waals surface area contributed by atoms with Crippen LogP contribution in [0.4, 0.5) is 5.69 Å². The Labute approximate surface area is 211 Å². The van der Waals surface area contributed by atoms with Gasteiger partial charge in [-0.3, -0.25) is 9.59 Å². The zero-order valence-corrected chi connectivity index (χ0v) is 19.7. The van der Waals surface area contributed by atoms with E-state index in [0.717, 1.165) is 16.5 Å². The Balaban J connectivity index is 1.48. The van der Waals surface area contributed by atoms with Crippen molar-refractivity contribution in [3.05, 3.63) is 101 Å². The number of esters is 1. The number of carbonyl (C=O) groups is 3. The Hall–Kier alpha value is -4.61. The number of aromatic amines is 1. The summed E-state index contributed by atoms with van der Waals surface area (Å²) in [6.07, 6.45) is 1.91. The maximum Gasteiger partial charge on any atom is 0.329 e. The topological polar surface area (TPSA) is 124 Å². The first kappa shape index (κ1) is 24.5. The van der Waals surface area contributed by atoms with E-state index in [9.17, 15) is 19.6 Å². The second kappa shape index (κ2) is 11.2. The lowest BCUT2D eigenvalue weighted by Gasteiger charge is -2.18. The first-order valence-corrected chi connectivity index (χ1v) is 11.4. The Morgan fingerprint density at radius 2 is 1.72 bits per heavy atom. The summed E-state index contributed by atoms with van der Waals surface area (Å²) in [4.78, 5) is 41.4. The van der Waals surface area contributed by atoms with Crippen LogP contribution in [0.2, 0.25) is 5.02 Å². The van der Waals surface area contributed by atoms with E-state index in [1.165, 1.54) is 0 Å². The fraction of sp³-hybridized carbons (Fsp3) is 0.111. The number of rotatable bonds is 8. The number of para-hydroxylation sites is 2. The van der Waals surface area contributed by atoms with E-state index in [2.05, 4.69) is 15.6 Å². The molecule has 0 aliphatic heterocycles. The van der Waals surface area contributed by atoms with Gasteiger partial charge in [0.2, 0.25) is 0 Å². The molecule has 0 radical (unpaired) electrons. The first-order chi connectivity index (χ1) is 17.4. The third-order valence-corrected chi connectivity index (χ3v) is 5.71. The predicted octanol–water partition coefficient (Wildman–Crippen LogP) is 4.22. The van der Waals surface area contributed by atoms with Crippen molar-refractivity contribution in [1.29, 1.82) is 5.26 Å². The summed E-state index contributed by atoms with van der Waals surface area (Å²) in [7, 11) is 0. The molecule has 3 aromatic carbocycles. The van der Waals surface area contributed by atoms with Gasteiger partial charge in [0.25, 0.3) is 11.8 Å². The molecule has 36 heavy (non-hydrogen) atoms. The van der Waals surface area contributed by atoms with Gasteiger partial charge in [-0.25, -0.2) is 4.79 Å². The van der Waals surface area contributed by atoms with Gasteiger partial charge in [0.05, 0.1) is 11.3 Å². The summed E-state index contributed by atoms with van der Waals surface area (Å²) in [5.41, 5.74) is 2.61. The van der Waals surface area contributed by atoms with Crippen molar-refractivity contribution in [2.45, 2.75) is 12.5 Å². The Kier molecular flexibility index (Phi) is 7.63. The lowest BCUT2D eigenvalue weighted by atomic mass is 10.0. The van der Waals surface area contributed by atoms with Crippen LogP contribution in [0.1, 0.15) is 21.5 Å². The molecule has 8 nitrogen and oxygen atoms in total. The van der Waals surface area contributed by atoms with Crippen LogP contribution in [-0.4, -0.2) is 35.4 Å². The molecular formula is C27H21ClN4O4. The number of hydrogen-bond acceptors (Lipinski definition) is 5. The van der Waals surface area contributed by atoms with Gasteiger partial charge >= 0.3 is 5.97 Å². The van der Waals surface area contributed by atoms with Gasteiger partial charge in [-0.2, -0.15) is 5.26 Å². The molecule has 3 N–H and O–H groups in total. The average molecular weight is 501 g/mol. The van der Waals surface area contributed by atoms with Gasteiger partial charge in [0.1, 0.15) is 12.1 Å². The fourth-order valence-corrected chi connectivity index (χ4v) is 3.80. The molecular weight excluding hydrogens is 480 g/mol. The highest BCUT2D eigenvalue weighted by Gasteiger charge is 2.25. The Bertz CT molecular complexity index is 1460. The number of halogens is 1. The summed E-state index contributed by atoms with van der Waals surface area (Å²) >= 11 is 5.91. The lowest BCUT2D eigenvalue weighted by Crippen LogP contribution is -2.44. The summed E-state index contributed by atoms with van der Waals surface area (Å²) in [6.45, 7) is -0.584. The van der Waals surface area contributed by atoms with E-state index in [0.29, 0.717) is 16.3 Å². The van der Waals surface area contributed by atoms with Crippen LogP contribution in [0.3, 0.4) is 0 Å². The largest absolute Gasteiger partial charge is 0.454 e. The van der Waals surface area contributed by atoms with Crippen LogP contribution >= 0.6 is 11.6 Å². The van der Waals surface area contributed by atoms with Crippen molar-refractivity contribution in [2.75, 3.05) is 11.9 Å². The van der Waals surface area contributed by atoms with Crippen molar-refractivity contribution in [3.63, 3.8) is 0 Å². The average Bonchev–Trinajstić information content (AvgIpc) is 3.30. The molecule has 0 spiro atoms. The van der Waals surface area contributed by atoms with Crippen LogP contribution in [-0.2, 0) is 20.7 Å². The maximum absolute atomic E-state index is 13.0. The normalized spacial score (nSPS) is 11.3. The SMILES string of the molecule is N#Cc1ccccc1NC(=O)COC(=O)C(Cc1c[nH]c2ccccc12)NC(=O)c1ccc(Cl)cc1. The summed E-state index contributed by atoms with van der Waals surface area (Å²) in [5, 5.41) is 15.8. The molecule has 0 bridgehead atoms. The fourth-order valence-electron chi connectivity index (χ4n) is 3.67.